The zero-order chi connectivity index (χ0) is 16.2. The van der Waals surface area contributed by atoms with Gasteiger partial charge in [-0.15, -0.1) is 0 Å². The van der Waals surface area contributed by atoms with E-state index in [1.165, 1.54) is 32.5 Å². The van der Waals surface area contributed by atoms with Gasteiger partial charge in [0.05, 0.1) is 0 Å². The smallest absolute Gasteiger partial charge is 0.321 e. The average molecular weight is 336 g/mol. The Balaban J connectivity index is 1.49. The lowest BCUT2D eigenvalue weighted by atomic mass is 9.96. The summed E-state index contributed by atoms with van der Waals surface area (Å²) in [6, 6.07) is 5.61. The van der Waals surface area contributed by atoms with Gasteiger partial charge in [-0.25, -0.2) is 4.79 Å². The molecule has 1 aromatic carbocycles. The van der Waals surface area contributed by atoms with Crippen LogP contribution >= 0.6 is 11.6 Å². The second-order valence-electron chi connectivity index (χ2n) is 6.78. The molecular formula is C18H26ClN3O. The van der Waals surface area contributed by atoms with Gasteiger partial charge >= 0.3 is 6.03 Å². The Morgan fingerprint density at radius 3 is 2.61 bits per heavy atom. The first-order valence-electron chi connectivity index (χ1n) is 8.67. The number of nitrogens with one attached hydrogen (secondary N) is 1. The van der Waals surface area contributed by atoms with Crippen molar-refractivity contribution in [3.05, 3.63) is 28.8 Å². The van der Waals surface area contributed by atoms with E-state index < -0.39 is 0 Å². The molecule has 3 rings (SSSR count). The van der Waals surface area contributed by atoms with Crippen molar-refractivity contribution in [2.45, 2.75) is 32.6 Å². The Bertz CT molecular complexity index is 549. The van der Waals surface area contributed by atoms with Crippen LogP contribution in [0.1, 0.15) is 31.2 Å². The third kappa shape index (κ3) is 4.18. The molecule has 5 heteroatoms. The van der Waals surface area contributed by atoms with E-state index in [0.29, 0.717) is 5.02 Å². The number of hydrogen-bond donors (Lipinski definition) is 1. The highest BCUT2D eigenvalue weighted by Crippen LogP contribution is 2.25. The van der Waals surface area contributed by atoms with Crippen LogP contribution in [0, 0.1) is 12.8 Å². The number of halogens is 1. The molecule has 0 saturated carbocycles. The highest BCUT2D eigenvalue weighted by Gasteiger charge is 2.25. The molecule has 0 spiro atoms. The number of piperidine rings is 1. The summed E-state index contributed by atoms with van der Waals surface area (Å²) in [4.78, 5) is 17.0. The number of nitrogens with zero attached hydrogens (tertiary/aromatic N) is 2. The fourth-order valence-electron chi connectivity index (χ4n) is 3.59. The Kier molecular flexibility index (Phi) is 5.44. The summed E-state index contributed by atoms with van der Waals surface area (Å²) >= 11 is 6.11. The van der Waals surface area contributed by atoms with Gasteiger partial charge in [0.1, 0.15) is 0 Å². The van der Waals surface area contributed by atoms with Crippen molar-refractivity contribution < 1.29 is 4.79 Å². The molecule has 2 saturated heterocycles. The quantitative estimate of drug-likeness (QED) is 0.906. The first-order chi connectivity index (χ1) is 11.1. The van der Waals surface area contributed by atoms with E-state index in [1.54, 1.807) is 0 Å². The monoisotopic (exact) mass is 335 g/mol. The van der Waals surface area contributed by atoms with Crippen molar-refractivity contribution in [3.63, 3.8) is 0 Å². The number of amides is 2. The van der Waals surface area contributed by atoms with Crippen LogP contribution in [-0.4, -0.2) is 48.6 Å². The molecule has 2 fully saturated rings. The molecule has 0 unspecified atom stereocenters. The number of urea groups is 1. The van der Waals surface area contributed by atoms with Crippen molar-refractivity contribution in [3.8, 4) is 0 Å². The lowest BCUT2D eigenvalue weighted by molar-refractivity contribution is 0.163. The van der Waals surface area contributed by atoms with E-state index in [0.717, 1.165) is 43.1 Å². The minimum absolute atomic E-state index is 0.00464. The van der Waals surface area contributed by atoms with Crippen LogP contribution in [0.5, 0.6) is 0 Å². The summed E-state index contributed by atoms with van der Waals surface area (Å²) in [7, 11) is 0. The predicted octanol–water partition coefficient (Wildman–Crippen LogP) is 3.99. The third-order valence-corrected chi connectivity index (χ3v) is 5.54. The van der Waals surface area contributed by atoms with Gasteiger partial charge < -0.3 is 15.1 Å². The fraction of sp³-hybridized carbons (Fsp3) is 0.611. The number of carbonyl (C=O) groups excluding carboxylic acids is 1. The molecule has 1 N–H and O–H groups in total. The van der Waals surface area contributed by atoms with Crippen LogP contribution in [0.15, 0.2) is 18.2 Å². The summed E-state index contributed by atoms with van der Waals surface area (Å²) in [6.45, 7) is 7.36. The first-order valence-corrected chi connectivity index (χ1v) is 9.04. The van der Waals surface area contributed by atoms with E-state index >= 15 is 0 Å². The van der Waals surface area contributed by atoms with Gasteiger partial charge in [0.15, 0.2) is 0 Å². The number of hydrogen-bond acceptors (Lipinski definition) is 2. The number of anilines is 1. The van der Waals surface area contributed by atoms with Crippen LogP contribution in [-0.2, 0) is 0 Å². The molecule has 2 amide bonds. The minimum atomic E-state index is -0.00464. The second kappa shape index (κ2) is 7.54. The van der Waals surface area contributed by atoms with E-state index in [-0.39, 0.29) is 6.03 Å². The van der Waals surface area contributed by atoms with Crippen molar-refractivity contribution >= 4 is 23.3 Å². The van der Waals surface area contributed by atoms with E-state index in [9.17, 15) is 4.79 Å². The Morgan fingerprint density at radius 1 is 1.22 bits per heavy atom. The van der Waals surface area contributed by atoms with Crippen molar-refractivity contribution in [1.29, 1.82) is 0 Å². The van der Waals surface area contributed by atoms with Crippen molar-refractivity contribution in [2.24, 2.45) is 5.92 Å². The lowest BCUT2D eigenvalue weighted by Gasteiger charge is -2.34. The van der Waals surface area contributed by atoms with Gasteiger partial charge in [-0.3, -0.25) is 0 Å². The summed E-state index contributed by atoms with van der Waals surface area (Å²) in [5.41, 5.74) is 1.73. The molecule has 2 heterocycles. The molecule has 4 nitrogen and oxygen atoms in total. The SMILES string of the molecule is Cc1c(Cl)cccc1NC(=O)N1CCC(CN2CCCC2)CC1. The molecular weight excluding hydrogens is 310 g/mol. The van der Waals surface area contributed by atoms with Gasteiger partial charge in [0, 0.05) is 30.3 Å². The van der Waals surface area contributed by atoms with Crippen LogP contribution < -0.4 is 5.32 Å². The summed E-state index contributed by atoms with van der Waals surface area (Å²) in [5, 5.41) is 3.69. The zero-order valence-electron chi connectivity index (χ0n) is 13.9. The zero-order valence-corrected chi connectivity index (χ0v) is 14.6. The van der Waals surface area contributed by atoms with Crippen molar-refractivity contribution in [2.75, 3.05) is 38.0 Å². The molecule has 1 aromatic rings. The highest BCUT2D eigenvalue weighted by atomic mass is 35.5. The maximum atomic E-state index is 12.4. The van der Waals surface area contributed by atoms with E-state index in [4.69, 9.17) is 11.6 Å². The third-order valence-electron chi connectivity index (χ3n) is 5.13. The summed E-state index contributed by atoms with van der Waals surface area (Å²) in [5.74, 6) is 0.741. The minimum Gasteiger partial charge on any atom is -0.325 e. The predicted molar refractivity (Wildman–Crippen MR) is 95.2 cm³/mol. The number of benzene rings is 1. The number of carbonyl (C=O) groups is 1. The largest absolute Gasteiger partial charge is 0.325 e. The lowest BCUT2D eigenvalue weighted by Crippen LogP contribution is -2.43. The van der Waals surface area contributed by atoms with Gasteiger partial charge in [-0.05, 0) is 69.3 Å². The Labute approximate surface area is 143 Å². The molecule has 0 aromatic heterocycles. The Morgan fingerprint density at radius 2 is 1.91 bits per heavy atom. The van der Waals surface area contributed by atoms with Gasteiger partial charge in [0.2, 0.25) is 0 Å². The maximum absolute atomic E-state index is 12.4. The highest BCUT2D eigenvalue weighted by molar-refractivity contribution is 6.31. The van der Waals surface area contributed by atoms with E-state index in [1.807, 2.05) is 30.0 Å². The second-order valence-corrected chi connectivity index (χ2v) is 7.19. The summed E-state index contributed by atoms with van der Waals surface area (Å²) < 4.78 is 0. The van der Waals surface area contributed by atoms with Crippen molar-refractivity contribution in [1.82, 2.24) is 9.80 Å². The normalized spacial score (nSPS) is 20.0. The number of likely N-dealkylation sites (tertiary alicyclic amines) is 2. The molecule has 126 valence electrons. The van der Waals surface area contributed by atoms with Crippen LogP contribution in [0.2, 0.25) is 5.02 Å². The average Bonchev–Trinajstić information content (AvgIpc) is 3.05. The first kappa shape index (κ1) is 16.6. The standard InChI is InChI=1S/C18H26ClN3O/c1-14-16(19)5-4-6-17(14)20-18(23)22-11-7-15(8-12-22)13-21-9-2-3-10-21/h4-6,15H,2-3,7-13H2,1H3,(H,20,23). The van der Waals surface area contributed by atoms with Crippen LogP contribution in [0.4, 0.5) is 10.5 Å². The fourth-order valence-corrected chi connectivity index (χ4v) is 3.76. The molecule has 2 aliphatic rings. The van der Waals surface area contributed by atoms with Crippen LogP contribution in [0.3, 0.4) is 0 Å². The molecule has 0 radical (unpaired) electrons. The topological polar surface area (TPSA) is 35.6 Å². The van der Waals surface area contributed by atoms with Crippen LogP contribution in [0.25, 0.3) is 0 Å². The van der Waals surface area contributed by atoms with Gasteiger partial charge in [0.25, 0.3) is 0 Å². The summed E-state index contributed by atoms with van der Waals surface area (Å²) in [6.07, 6.45) is 4.91. The van der Waals surface area contributed by atoms with Gasteiger partial charge in [-0.2, -0.15) is 0 Å². The van der Waals surface area contributed by atoms with E-state index in [2.05, 4.69) is 10.2 Å². The molecule has 2 aliphatic heterocycles. The van der Waals surface area contributed by atoms with Gasteiger partial charge in [-0.1, -0.05) is 17.7 Å². The number of rotatable bonds is 3. The maximum Gasteiger partial charge on any atom is 0.321 e. The molecule has 0 atom stereocenters. The molecule has 0 aliphatic carbocycles. The Hall–Kier alpha value is -1.26. The molecule has 0 bridgehead atoms. The molecule has 23 heavy (non-hydrogen) atoms.